The van der Waals surface area contributed by atoms with Gasteiger partial charge in [0.15, 0.2) is 0 Å². The lowest BCUT2D eigenvalue weighted by atomic mass is 10.1. The summed E-state index contributed by atoms with van der Waals surface area (Å²) >= 11 is 1.54. The van der Waals surface area contributed by atoms with Crippen LogP contribution in [0.3, 0.4) is 0 Å². The molecule has 1 atom stereocenters. The fraction of sp³-hybridized carbons (Fsp3) is 0.167. The second kappa shape index (κ2) is 6.88. The Labute approximate surface area is 143 Å². The van der Waals surface area contributed by atoms with Gasteiger partial charge in [0.2, 0.25) is 5.91 Å². The van der Waals surface area contributed by atoms with Crippen LogP contribution in [0, 0.1) is 0 Å². The van der Waals surface area contributed by atoms with E-state index in [2.05, 4.69) is 10.6 Å². The number of thioether (sulfide) groups is 1. The topological polar surface area (TPSA) is 75.3 Å². The van der Waals surface area contributed by atoms with E-state index < -0.39 is 11.8 Å². The zero-order valence-corrected chi connectivity index (χ0v) is 13.9. The molecule has 2 aromatic rings. The van der Waals surface area contributed by atoms with Gasteiger partial charge in [0, 0.05) is 11.4 Å². The third-order valence-electron chi connectivity index (χ3n) is 3.72. The molecule has 1 heterocycles. The van der Waals surface area contributed by atoms with Crippen LogP contribution in [0.4, 0.5) is 5.69 Å². The highest BCUT2D eigenvalue weighted by Crippen LogP contribution is 2.22. The van der Waals surface area contributed by atoms with Gasteiger partial charge in [-0.15, -0.1) is 11.8 Å². The number of carbonyl (C=O) groups is 3. The molecule has 0 aromatic heterocycles. The van der Waals surface area contributed by atoms with Crippen LogP contribution in [0.1, 0.15) is 33.2 Å². The zero-order valence-electron chi connectivity index (χ0n) is 13.0. The third kappa shape index (κ3) is 3.49. The summed E-state index contributed by atoms with van der Waals surface area (Å²) in [5.74, 6) is -0.228. The van der Waals surface area contributed by atoms with Crippen molar-refractivity contribution in [3.8, 4) is 0 Å². The van der Waals surface area contributed by atoms with Crippen LogP contribution in [-0.2, 0) is 10.5 Å². The molecule has 0 fully saturated rings. The van der Waals surface area contributed by atoms with E-state index in [0.29, 0.717) is 16.8 Å². The number of imide groups is 1. The first-order chi connectivity index (χ1) is 11.5. The fourth-order valence-electron chi connectivity index (χ4n) is 2.36. The van der Waals surface area contributed by atoms with Crippen molar-refractivity contribution in [2.45, 2.75) is 17.9 Å². The van der Waals surface area contributed by atoms with E-state index in [1.165, 1.54) is 17.8 Å². The molecular weight excluding hydrogens is 324 g/mol. The number of hydrogen-bond donors (Lipinski definition) is 2. The van der Waals surface area contributed by atoms with Crippen LogP contribution < -0.4 is 10.6 Å². The molecule has 0 bridgehead atoms. The summed E-state index contributed by atoms with van der Waals surface area (Å²) in [7, 11) is 0. The molecule has 0 saturated heterocycles. The summed E-state index contributed by atoms with van der Waals surface area (Å²) < 4.78 is 0. The molecule has 1 unspecified atom stereocenters. The van der Waals surface area contributed by atoms with Crippen molar-refractivity contribution in [1.29, 1.82) is 0 Å². The summed E-state index contributed by atoms with van der Waals surface area (Å²) in [6.45, 7) is 1.84. The average molecular weight is 340 g/mol. The standard InChI is InChI=1S/C18H16N2O3S/c1-11(24-10-12-5-3-2-4-6-12)16(21)19-13-7-8-14-15(9-13)18(23)20-17(14)22/h2-9,11H,10H2,1H3,(H,19,21)(H,20,22,23). The van der Waals surface area contributed by atoms with Gasteiger partial charge < -0.3 is 5.32 Å². The lowest BCUT2D eigenvalue weighted by molar-refractivity contribution is -0.115. The third-order valence-corrected chi connectivity index (χ3v) is 4.93. The van der Waals surface area contributed by atoms with Crippen molar-refractivity contribution < 1.29 is 14.4 Å². The van der Waals surface area contributed by atoms with Gasteiger partial charge in [-0.05, 0) is 30.7 Å². The summed E-state index contributed by atoms with van der Waals surface area (Å²) in [5, 5.41) is 4.78. The Kier molecular flexibility index (Phi) is 4.66. The minimum atomic E-state index is -0.433. The van der Waals surface area contributed by atoms with Gasteiger partial charge in [-0.3, -0.25) is 19.7 Å². The normalized spacial score (nSPS) is 14.0. The maximum absolute atomic E-state index is 12.3. The summed E-state index contributed by atoms with van der Waals surface area (Å²) in [6.07, 6.45) is 0. The molecule has 2 aromatic carbocycles. The number of rotatable bonds is 5. The quantitative estimate of drug-likeness (QED) is 0.821. The average Bonchev–Trinajstić information content (AvgIpc) is 2.87. The van der Waals surface area contributed by atoms with Crippen LogP contribution in [0.2, 0.25) is 0 Å². The molecule has 5 nitrogen and oxygen atoms in total. The second-order valence-electron chi connectivity index (χ2n) is 5.47. The smallest absolute Gasteiger partial charge is 0.259 e. The number of hydrogen-bond acceptors (Lipinski definition) is 4. The minimum Gasteiger partial charge on any atom is -0.325 e. The van der Waals surface area contributed by atoms with Crippen molar-refractivity contribution in [3.63, 3.8) is 0 Å². The molecule has 6 heteroatoms. The largest absolute Gasteiger partial charge is 0.325 e. The summed E-state index contributed by atoms with van der Waals surface area (Å²) in [5.41, 5.74) is 2.30. The van der Waals surface area contributed by atoms with Crippen LogP contribution in [0.25, 0.3) is 0 Å². The van der Waals surface area contributed by atoms with Gasteiger partial charge in [0.1, 0.15) is 0 Å². The zero-order chi connectivity index (χ0) is 17.1. The Morgan fingerprint density at radius 1 is 1.08 bits per heavy atom. The Morgan fingerprint density at radius 2 is 1.79 bits per heavy atom. The van der Waals surface area contributed by atoms with Crippen molar-refractivity contribution >= 4 is 35.2 Å². The molecule has 0 saturated carbocycles. The van der Waals surface area contributed by atoms with Gasteiger partial charge in [0.25, 0.3) is 11.8 Å². The molecule has 0 radical (unpaired) electrons. The Morgan fingerprint density at radius 3 is 2.54 bits per heavy atom. The van der Waals surface area contributed by atoms with Gasteiger partial charge in [-0.2, -0.15) is 0 Å². The van der Waals surface area contributed by atoms with Crippen LogP contribution in [0.5, 0.6) is 0 Å². The molecule has 122 valence electrons. The van der Waals surface area contributed by atoms with Crippen LogP contribution >= 0.6 is 11.8 Å². The molecule has 0 spiro atoms. The molecule has 1 aliphatic rings. The number of fused-ring (bicyclic) bond motifs is 1. The number of benzene rings is 2. The first-order valence-corrected chi connectivity index (χ1v) is 8.55. The van der Waals surface area contributed by atoms with Crippen molar-refractivity contribution in [2.24, 2.45) is 0 Å². The lowest BCUT2D eigenvalue weighted by Gasteiger charge is -2.12. The Balaban J connectivity index is 1.61. The van der Waals surface area contributed by atoms with Crippen LogP contribution in [0.15, 0.2) is 48.5 Å². The van der Waals surface area contributed by atoms with E-state index in [0.717, 1.165) is 11.3 Å². The molecule has 0 aliphatic carbocycles. The van der Waals surface area contributed by atoms with Crippen LogP contribution in [-0.4, -0.2) is 23.0 Å². The first-order valence-electron chi connectivity index (χ1n) is 7.51. The van der Waals surface area contributed by atoms with E-state index in [-0.39, 0.29) is 11.2 Å². The first kappa shape index (κ1) is 16.3. The maximum Gasteiger partial charge on any atom is 0.259 e. The summed E-state index contributed by atoms with van der Waals surface area (Å²) in [4.78, 5) is 35.5. The predicted octanol–water partition coefficient (Wildman–Crippen LogP) is 2.83. The molecular formula is C18H16N2O3S. The highest BCUT2D eigenvalue weighted by Gasteiger charge is 2.27. The molecule has 24 heavy (non-hydrogen) atoms. The second-order valence-corrected chi connectivity index (χ2v) is 6.80. The van der Waals surface area contributed by atoms with Crippen molar-refractivity contribution in [2.75, 3.05) is 5.32 Å². The van der Waals surface area contributed by atoms with Crippen molar-refractivity contribution in [3.05, 3.63) is 65.2 Å². The highest BCUT2D eigenvalue weighted by molar-refractivity contribution is 7.99. The highest BCUT2D eigenvalue weighted by atomic mass is 32.2. The lowest BCUT2D eigenvalue weighted by Crippen LogP contribution is -2.22. The van der Waals surface area contributed by atoms with E-state index in [1.807, 2.05) is 37.3 Å². The molecule has 3 rings (SSSR count). The van der Waals surface area contributed by atoms with E-state index in [9.17, 15) is 14.4 Å². The summed E-state index contributed by atoms with van der Waals surface area (Å²) in [6, 6.07) is 14.6. The fourth-order valence-corrected chi connectivity index (χ4v) is 3.21. The predicted molar refractivity (Wildman–Crippen MR) is 94.1 cm³/mol. The number of anilines is 1. The van der Waals surface area contributed by atoms with E-state index in [1.54, 1.807) is 12.1 Å². The molecule has 1 aliphatic heterocycles. The number of carbonyl (C=O) groups excluding carboxylic acids is 3. The van der Waals surface area contributed by atoms with Crippen molar-refractivity contribution in [1.82, 2.24) is 5.32 Å². The van der Waals surface area contributed by atoms with Gasteiger partial charge in [0.05, 0.1) is 16.4 Å². The SMILES string of the molecule is CC(SCc1ccccc1)C(=O)Nc1ccc2c(c1)C(=O)NC2=O. The van der Waals surface area contributed by atoms with E-state index >= 15 is 0 Å². The number of amides is 3. The number of nitrogens with one attached hydrogen (secondary N) is 2. The Bertz CT molecular complexity index is 805. The molecule has 3 amide bonds. The van der Waals surface area contributed by atoms with Gasteiger partial charge in [-0.25, -0.2) is 0 Å². The molecule has 2 N–H and O–H groups in total. The Hall–Kier alpha value is -2.60. The minimum absolute atomic E-state index is 0.138. The monoisotopic (exact) mass is 340 g/mol. The van der Waals surface area contributed by atoms with Gasteiger partial charge >= 0.3 is 0 Å². The van der Waals surface area contributed by atoms with Gasteiger partial charge in [-0.1, -0.05) is 30.3 Å². The maximum atomic E-state index is 12.3. The van der Waals surface area contributed by atoms with E-state index in [4.69, 9.17) is 0 Å².